The van der Waals surface area contributed by atoms with Crippen LogP contribution in [0.3, 0.4) is 0 Å². The Kier molecular flexibility index (Phi) is 7.18. The molecule has 0 saturated carbocycles. The van der Waals surface area contributed by atoms with Gasteiger partial charge in [0.1, 0.15) is 5.82 Å². The normalized spacial score (nSPS) is 11.7. The second kappa shape index (κ2) is 9.63. The summed E-state index contributed by atoms with van der Waals surface area (Å²) in [7, 11) is -4.12. The summed E-state index contributed by atoms with van der Waals surface area (Å²) < 4.78 is 45.8. The van der Waals surface area contributed by atoms with Crippen molar-refractivity contribution in [2.24, 2.45) is 0 Å². The molecular formula is C22H24FNO3S2. The Labute approximate surface area is 175 Å². The van der Waals surface area contributed by atoms with Crippen LogP contribution in [-0.4, -0.2) is 19.5 Å². The summed E-state index contributed by atoms with van der Waals surface area (Å²) in [5, 5.41) is 0. The van der Waals surface area contributed by atoms with E-state index < -0.39 is 10.3 Å². The molecule has 4 nitrogen and oxygen atoms in total. The lowest BCUT2D eigenvalue weighted by Gasteiger charge is -2.09. The van der Waals surface area contributed by atoms with Gasteiger partial charge in [0.2, 0.25) is 0 Å². The molecule has 0 amide bonds. The van der Waals surface area contributed by atoms with E-state index in [0.717, 1.165) is 34.4 Å². The van der Waals surface area contributed by atoms with Crippen molar-refractivity contribution in [3.63, 3.8) is 0 Å². The predicted octanol–water partition coefficient (Wildman–Crippen LogP) is 4.97. The van der Waals surface area contributed by atoms with Crippen molar-refractivity contribution >= 4 is 21.6 Å². The lowest BCUT2D eigenvalue weighted by molar-refractivity contribution is 0.466. The minimum Gasteiger partial charge on any atom is -0.273 e. The topological polar surface area (TPSA) is 66.4 Å². The minimum atomic E-state index is -4.12. The van der Waals surface area contributed by atoms with Gasteiger partial charge < -0.3 is 0 Å². The lowest BCUT2D eigenvalue weighted by atomic mass is 9.98. The molecular weight excluding hydrogens is 409 g/mol. The van der Waals surface area contributed by atoms with Gasteiger partial charge in [-0.05, 0) is 79.1 Å². The van der Waals surface area contributed by atoms with E-state index in [9.17, 15) is 12.8 Å². The van der Waals surface area contributed by atoms with Crippen molar-refractivity contribution in [2.75, 3.05) is 6.54 Å². The standard InChI is InChI=1S/C22H24FNO3S2/c1-16-4-13-22(28-16)21-12-11-20(23)15-19(21)10-9-18-7-5-17(6-8-18)3-2-14-24-29(25,26)27/h4-8,11-13,15,24H,2-3,9-10,14H2,1H3,(H,25,26,27). The molecule has 1 heterocycles. The molecule has 0 aliphatic rings. The van der Waals surface area contributed by atoms with Gasteiger partial charge in [-0.25, -0.2) is 4.39 Å². The van der Waals surface area contributed by atoms with Crippen LogP contribution in [0.4, 0.5) is 4.39 Å². The van der Waals surface area contributed by atoms with Crippen LogP contribution in [0.25, 0.3) is 10.4 Å². The van der Waals surface area contributed by atoms with E-state index >= 15 is 0 Å². The monoisotopic (exact) mass is 433 g/mol. The molecule has 2 N–H and O–H groups in total. The average molecular weight is 434 g/mol. The van der Waals surface area contributed by atoms with Crippen LogP contribution in [0.1, 0.15) is 28.0 Å². The highest BCUT2D eigenvalue weighted by Gasteiger charge is 2.09. The SMILES string of the molecule is Cc1ccc(-c2ccc(F)cc2CCc2ccc(CCCNS(=O)(=O)O)cc2)s1. The fourth-order valence-corrected chi connectivity index (χ4v) is 4.56. The third-order valence-electron chi connectivity index (χ3n) is 4.71. The molecule has 3 aromatic rings. The third kappa shape index (κ3) is 6.75. The maximum atomic E-state index is 13.8. The molecule has 0 spiro atoms. The number of hydrogen-bond acceptors (Lipinski definition) is 3. The van der Waals surface area contributed by atoms with Crippen LogP contribution in [0.2, 0.25) is 0 Å². The van der Waals surface area contributed by atoms with Crippen molar-refractivity contribution < 1.29 is 17.4 Å². The van der Waals surface area contributed by atoms with Gasteiger partial charge in [-0.3, -0.25) is 4.55 Å². The number of thiophene rings is 1. The van der Waals surface area contributed by atoms with Crippen LogP contribution < -0.4 is 4.72 Å². The molecule has 0 saturated heterocycles. The molecule has 0 unspecified atom stereocenters. The Morgan fingerprint density at radius 2 is 1.66 bits per heavy atom. The van der Waals surface area contributed by atoms with Crippen LogP contribution >= 0.6 is 11.3 Å². The number of hydrogen-bond donors (Lipinski definition) is 2. The molecule has 0 aliphatic heterocycles. The van der Waals surface area contributed by atoms with E-state index in [1.54, 1.807) is 17.4 Å². The molecule has 1 aromatic heterocycles. The molecule has 0 fully saturated rings. The summed E-state index contributed by atoms with van der Waals surface area (Å²) in [5.41, 5.74) is 4.37. The van der Waals surface area contributed by atoms with E-state index in [0.29, 0.717) is 12.8 Å². The fourth-order valence-electron chi connectivity index (χ4n) is 3.23. The second-order valence-corrected chi connectivity index (χ2v) is 9.53. The molecule has 0 radical (unpaired) electrons. The molecule has 7 heteroatoms. The lowest BCUT2D eigenvalue weighted by Crippen LogP contribution is -2.23. The Morgan fingerprint density at radius 3 is 2.28 bits per heavy atom. The highest BCUT2D eigenvalue weighted by atomic mass is 32.2. The first kappa shape index (κ1) is 21.6. The van der Waals surface area contributed by atoms with Gasteiger partial charge in [0.15, 0.2) is 0 Å². The van der Waals surface area contributed by atoms with E-state index in [2.05, 4.69) is 35.9 Å². The van der Waals surface area contributed by atoms with Crippen LogP contribution in [-0.2, 0) is 29.6 Å². The van der Waals surface area contributed by atoms with Gasteiger partial charge in [-0.1, -0.05) is 30.3 Å². The maximum Gasteiger partial charge on any atom is 0.333 e. The predicted molar refractivity (Wildman–Crippen MR) is 116 cm³/mol. The first-order chi connectivity index (χ1) is 13.8. The quantitative estimate of drug-likeness (QED) is 0.370. The number of halogens is 1. The van der Waals surface area contributed by atoms with Crippen molar-refractivity contribution in [3.05, 3.63) is 82.0 Å². The van der Waals surface area contributed by atoms with E-state index in [-0.39, 0.29) is 12.4 Å². The smallest absolute Gasteiger partial charge is 0.273 e. The summed E-state index contributed by atoms with van der Waals surface area (Å²) in [6.07, 6.45) is 2.88. The molecule has 29 heavy (non-hydrogen) atoms. The molecule has 3 rings (SSSR count). The number of aryl methyl sites for hydroxylation is 4. The molecule has 0 aliphatic carbocycles. The zero-order valence-electron chi connectivity index (χ0n) is 16.2. The van der Waals surface area contributed by atoms with Crippen LogP contribution in [0.5, 0.6) is 0 Å². The number of nitrogens with one attached hydrogen (secondary N) is 1. The van der Waals surface area contributed by atoms with E-state index in [1.165, 1.54) is 16.5 Å². The third-order valence-corrected chi connectivity index (χ3v) is 6.31. The molecule has 154 valence electrons. The Morgan fingerprint density at radius 1 is 0.966 bits per heavy atom. The van der Waals surface area contributed by atoms with Crippen molar-refractivity contribution in [1.29, 1.82) is 0 Å². The zero-order valence-corrected chi connectivity index (χ0v) is 17.8. The largest absolute Gasteiger partial charge is 0.333 e. The van der Waals surface area contributed by atoms with Crippen LogP contribution in [0.15, 0.2) is 54.6 Å². The van der Waals surface area contributed by atoms with Gasteiger partial charge in [-0.2, -0.15) is 13.1 Å². The van der Waals surface area contributed by atoms with Gasteiger partial charge >= 0.3 is 10.3 Å². The Hall–Kier alpha value is -2.06. The van der Waals surface area contributed by atoms with Crippen molar-refractivity contribution in [1.82, 2.24) is 4.72 Å². The van der Waals surface area contributed by atoms with Gasteiger partial charge in [-0.15, -0.1) is 11.3 Å². The van der Waals surface area contributed by atoms with Gasteiger partial charge in [0.05, 0.1) is 0 Å². The summed E-state index contributed by atoms with van der Waals surface area (Å²) in [5.74, 6) is -0.217. The summed E-state index contributed by atoms with van der Waals surface area (Å²) in [4.78, 5) is 2.39. The highest BCUT2D eigenvalue weighted by molar-refractivity contribution is 7.83. The highest BCUT2D eigenvalue weighted by Crippen LogP contribution is 2.31. The Bertz CT molecular complexity index is 1060. The molecule has 2 aromatic carbocycles. The first-order valence-corrected chi connectivity index (χ1v) is 11.7. The number of benzene rings is 2. The Balaban J connectivity index is 1.60. The fraction of sp³-hybridized carbons (Fsp3) is 0.273. The zero-order chi connectivity index (χ0) is 20.9. The van der Waals surface area contributed by atoms with Crippen molar-refractivity contribution in [3.8, 4) is 10.4 Å². The maximum absolute atomic E-state index is 13.8. The average Bonchev–Trinajstić information content (AvgIpc) is 3.10. The second-order valence-electron chi connectivity index (χ2n) is 7.00. The van der Waals surface area contributed by atoms with Gasteiger partial charge in [0, 0.05) is 16.3 Å². The number of rotatable bonds is 9. The van der Waals surface area contributed by atoms with E-state index in [1.807, 2.05) is 18.2 Å². The molecule has 0 atom stereocenters. The van der Waals surface area contributed by atoms with Crippen LogP contribution in [0, 0.1) is 12.7 Å². The summed E-state index contributed by atoms with van der Waals surface area (Å²) in [6.45, 7) is 2.27. The molecule has 0 bridgehead atoms. The summed E-state index contributed by atoms with van der Waals surface area (Å²) in [6, 6.07) is 17.3. The van der Waals surface area contributed by atoms with E-state index in [4.69, 9.17) is 4.55 Å². The minimum absolute atomic E-state index is 0.200. The van der Waals surface area contributed by atoms with Gasteiger partial charge in [0.25, 0.3) is 0 Å². The summed E-state index contributed by atoms with van der Waals surface area (Å²) >= 11 is 1.71. The first-order valence-electron chi connectivity index (χ1n) is 9.45. The van der Waals surface area contributed by atoms with Crippen molar-refractivity contribution in [2.45, 2.75) is 32.6 Å².